The van der Waals surface area contributed by atoms with E-state index in [2.05, 4.69) is 0 Å². The molecular formula is C20H26ClNO4. The number of ether oxygens (including phenoxy) is 2. The van der Waals surface area contributed by atoms with Crippen LogP contribution in [0.4, 0.5) is 0 Å². The molecule has 0 saturated heterocycles. The van der Waals surface area contributed by atoms with Gasteiger partial charge in [0.1, 0.15) is 0 Å². The van der Waals surface area contributed by atoms with Crippen LogP contribution in [0.15, 0.2) is 46.6 Å². The maximum Gasteiger partial charge on any atom is 0.347 e. The molecule has 0 bridgehead atoms. The van der Waals surface area contributed by atoms with Gasteiger partial charge in [-0.3, -0.25) is 0 Å². The number of halogens is 1. The van der Waals surface area contributed by atoms with Crippen LogP contribution in [-0.2, 0) is 19.1 Å². The molecule has 0 fully saturated rings. The molecule has 0 aliphatic carbocycles. The Balaban J connectivity index is 3.94. The quantitative estimate of drug-likeness (QED) is 0.256. The molecule has 1 aromatic rings. The van der Waals surface area contributed by atoms with Crippen LogP contribution in [0.1, 0.15) is 26.3 Å². The van der Waals surface area contributed by atoms with E-state index in [1.165, 1.54) is 14.2 Å². The third-order valence-corrected chi connectivity index (χ3v) is 4.07. The van der Waals surface area contributed by atoms with Crippen LogP contribution in [0.25, 0.3) is 5.57 Å². The summed E-state index contributed by atoms with van der Waals surface area (Å²) >= 11 is 6.79. The summed E-state index contributed by atoms with van der Waals surface area (Å²) in [4.78, 5) is 26.2. The van der Waals surface area contributed by atoms with Crippen molar-refractivity contribution in [3.8, 4) is 0 Å². The largest absolute Gasteiger partial charge is 0.465 e. The van der Waals surface area contributed by atoms with E-state index in [1.807, 2.05) is 51.1 Å². The molecule has 142 valence electrons. The first kappa shape index (κ1) is 21.8. The first-order chi connectivity index (χ1) is 12.1. The van der Waals surface area contributed by atoms with Crippen LogP contribution in [0.2, 0.25) is 0 Å². The number of likely N-dealkylation sites (N-methyl/N-ethyl adjacent to an activating group) is 1. The number of esters is 2. The normalized spacial score (nSPS) is 12.0. The number of carbonyl (C=O) groups is 2. The average Bonchev–Trinajstić information content (AvgIpc) is 2.57. The molecule has 1 aromatic carbocycles. The zero-order valence-electron chi connectivity index (χ0n) is 16.3. The maximum absolute atomic E-state index is 12.3. The predicted octanol–water partition coefficient (Wildman–Crippen LogP) is 3.84. The highest BCUT2D eigenvalue weighted by Crippen LogP contribution is 2.41. The second-order valence-electron chi connectivity index (χ2n) is 6.91. The number of hydrogen-bond donors (Lipinski definition) is 0. The number of benzene rings is 1. The highest BCUT2D eigenvalue weighted by Gasteiger charge is 2.32. The summed E-state index contributed by atoms with van der Waals surface area (Å²) in [6, 6.07) is 9.60. The minimum absolute atomic E-state index is 0.248. The Bertz CT molecular complexity index is 710. The van der Waals surface area contributed by atoms with E-state index < -0.39 is 11.9 Å². The van der Waals surface area contributed by atoms with Crippen molar-refractivity contribution >= 4 is 29.1 Å². The van der Waals surface area contributed by atoms with E-state index in [-0.39, 0.29) is 16.7 Å². The van der Waals surface area contributed by atoms with Gasteiger partial charge in [0.2, 0.25) is 0 Å². The van der Waals surface area contributed by atoms with E-state index in [0.717, 1.165) is 11.1 Å². The number of hydrogen-bond acceptors (Lipinski definition) is 5. The van der Waals surface area contributed by atoms with Gasteiger partial charge in [-0.1, -0.05) is 62.7 Å². The SMILES string of the molecule is COC(=O)C(C(=O)OC)=C(/C(Cl)=C(/c1ccccc1)C(C)(C)C)N(C)C. The first-order valence-corrected chi connectivity index (χ1v) is 8.48. The summed E-state index contributed by atoms with van der Waals surface area (Å²) in [5, 5.41) is 0.291. The van der Waals surface area contributed by atoms with Gasteiger partial charge >= 0.3 is 11.9 Å². The fraction of sp³-hybridized carbons (Fsp3) is 0.400. The second-order valence-corrected chi connectivity index (χ2v) is 7.28. The molecule has 0 N–H and O–H groups in total. The van der Waals surface area contributed by atoms with Gasteiger partial charge in [0.05, 0.1) is 24.9 Å². The molecule has 0 aliphatic heterocycles. The number of carbonyl (C=O) groups excluding carboxylic acids is 2. The maximum atomic E-state index is 12.3. The van der Waals surface area contributed by atoms with E-state index in [9.17, 15) is 9.59 Å². The minimum atomic E-state index is -0.806. The Morgan fingerprint density at radius 2 is 1.42 bits per heavy atom. The van der Waals surface area contributed by atoms with E-state index in [1.54, 1.807) is 19.0 Å². The molecule has 0 saturated carbocycles. The lowest BCUT2D eigenvalue weighted by Crippen LogP contribution is -2.26. The summed E-state index contributed by atoms with van der Waals surface area (Å²) < 4.78 is 9.56. The van der Waals surface area contributed by atoms with Gasteiger partial charge in [-0.25, -0.2) is 9.59 Å². The fourth-order valence-corrected chi connectivity index (χ4v) is 3.28. The van der Waals surface area contributed by atoms with Gasteiger partial charge in [0.25, 0.3) is 0 Å². The molecule has 6 heteroatoms. The molecule has 0 spiro atoms. The number of allylic oxidation sites excluding steroid dienone is 2. The third-order valence-electron chi connectivity index (χ3n) is 3.70. The molecular weight excluding hydrogens is 354 g/mol. The van der Waals surface area contributed by atoms with Crippen molar-refractivity contribution in [2.24, 2.45) is 5.41 Å². The van der Waals surface area contributed by atoms with Crippen molar-refractivity contribution in [1.29, 1.82) is 0 Å². The van der Waals surface area contributed by atoms with Crippen LogP contribution in [-0.4, -0.2) is 45.2 Å². The lowest BCUT2D eigenvalue weighted by molar-refractivity contribution is -0.144. The Morgan fingerprint density at radius 1 is 0.962 bits per heavy atom. The van der Waals surface area contributed by atoms with Gasteiger partial charge in [0, 0.05) is 14.1 Å². The summed E-state index contributed by atoms with van der Waals surface area (Å²) in [6.07, 6.45) is 0. The Labute approximate surface area is 160 Å². The van der Waals surface area contributed by atoms with Crippen molar-refractivity contribution in [1.82, 2.24) is 4.90 Å². The Kier molecular flexibility index (Phi) is 7.45. The van der Waals surface area contributed by atoms with Crippen LogP contribution in [0.5, 0.6) is 0 Å². The summed E-state index contributed by atoms with van der Waals surface area (Å²) in [6.45, 7) is 6.04. The average molecular weight is 380 g/mol. The fourth-order valence-electron chi connectivity index (χ4n) is 2.62. The van der Waals surface area contributed by atoms with E-state index in [4.69, 9.17) is 21.1 Å². The molecule has 0 aliphatic rings. The molecule has 0 amide bonds. The van der Waals surface area contributed by atoms with Gasteiger partial charge in [-0.2, -0.15) is 0 Å². The van der Waals surface area contributed by atoms with Crippen LogP contribution in [0.3, 0.4) is 0 Å². The summed E-state index contributed by atoms with van der Waals surface area (Å²) in [5.74, 6) is -1.61. The lowest BCUT2D eigenvalue weighted by atomic mass is 9.81. The Hall–Kier alpha value is -2.27. The number of nitrogens with zero attached hydrogens (tertiary/aromatic N) is 1. The molecule has 0 radical (unpaired) electrons. The molecule has 5 nitrogen and oxygen atoms in total. The zero-order valence-corrected chi connectivity index (χ0v) is 17.1. The topological polar surface area (TPSA) is 55.8 Å². The Morgan fingerprint density at radius 3 is 1.77 bits per heavy atom. The minimum Gasteiger partial charge on any atom is -0.465 e. The van der Waals surface area contributed by atoms with E-state index in [0.29, 0.717) is 5.03 Å². The smallest absolute Gasteiger partial charge is 0.347 e. The van der Waals surface area contributed by atoms with Crippen LogP contribution in [0, 0.1) is 5.41 Å². The molecule has 0 aromatic heterocycles. The molecule has 0 unspecified atom stereocenters. The standard InChI is InChI=1S/C20H26ClNO4/c1-20(2,3)15(13-11-9-8-10-12-13)16(21)17(22(4)5)14(18(23)25-6)19(24)26-7/h8-12H,1-7H3/b16-15+. The highest BCUT2D eigenvalue weighted by atomic mass is 35.5. The molecule has 0 atom stereocenters. The van der Waals surface area contributed by atoms with Crippen molar-refractivity contribution in [3.05, 3.63) is 52.2 Å². The van der Waals surface area contributed by atoms with Gasteiger partial charge in [0.15, 0.2) is 5.57 Å². The van der Waals surface area contributed by atoms with Crippen LogP contribution >= 0.6 is 11.6 Å². The molecule has 0 heterocycles. The van der Waals surface area contributed by atoms with Crippen LogP contribution < -0.4 is 0 Å². The molecule has 26 heavy (non-hydrogen) atoms. The zero-order chi connectivity index (χ0) is 20.1. The van der Waals surface area contributed by atoms with E-state index >= 15 is 0 Å². The van der Waals surface area contributed by atoms with Gasteiger partial charge in [-0.15, -0.1) is 0 Å². The second kappa shape index (κ2) is 8.90. The van der Waals surface area contributed by atoms with Crippen molar-refractivity contribution in [2.75, 3.05) is 28.3 Å². The lowest BCUT2D eigenvalue weighted by Gasteiger charge is -2.29. The predicted molar refractivity (Wildman–Crippen MR) is 103 cm³/mol. The first-order valence-electron chi connectivity index (χ1n) is 8.10. The third kappa shape index (κ3) is 4.88. The van der Waals surface area contributed by atoms with Gasteiger partial charge in [-0.05, 0) is 16.6 Å². The number of rotatable bonds is 5. The highest BCUT2D eigenvalue weighted by molar-refractivity contribution is 6.36. The van der Waals surface area contributed by atoms with Crippen molar-refractivity contribution < 1.29 is 19.1 Å². The van der Waals surface area contributed by atoms with Crippen molar-refractivity contribution in [3.63, 3.8) is 0 Å². The summed E-state index contributed by atoms with van der Waals surface area (Å²) in [5.41, 5.74) is 1.35. The molecule has 1 rings (SSSR count). The summed E-state index contributed by atoms with van der Waals surface area (Å²) in [7, 11) is 5.82. The van der Waals surface area contributed by atoms with Crippen molar-refractivity contribution in [2.45, 2.75) is 20.8 Å². The number of methoxy groups -OCH3 is 2. The monoisotopic (exact) mass is 379 g/mol. The van der Waals surface area contributed by atoms with Gasteiger partial charge < -0.3 is 14.4 Å².